The van der Waals surface area contributed by atoms with Crippen molar-refractivity contribution in [1.82, 2.24) is 10.6 Å². The van der Waals surface area contributed by atoms with Gasteiger partial charge in [-0.25, -0.2) is 9.18 Å². The Bertz CT molecular complexity index is 597. The maximum Gasteiger partial charge on any atom is 0.328 e. The standard InChI is InChI=1S/C16H21FN2O4S/c1-10-4-3-5-11(8-10)14(20)18-12(6-7-24-2)15(21)19-13(9-17)16(22)23/h3-5,8,12-13H,6-7,9H2,1-2H3,(H,18,20)(H,19,21)(H,22,23). The van der Waals surface area contributed by atoms with E-state index >= 15 is 0 Å². The van der Waals surface area contributed by atoms with E-state index in [1.807, 2.05) is 19.2 Å². The molecule has 0 aliphatic carbocycles. The van der Waals surface area contributed by atoms with Crippen molar-refractivity contribution in [3.8, 4) is 0 Å². The van der Waals surface area contributed by atoms with E-state index in [-0.39, 0.29) is 0 Å². The number of halogens is 1. The van der Waals surface area contributed by atoms with Gasteiger partial charge < -0.3 is 15.7 Å². The van der Waals surface area contributed by atoms with E-state index in [4.69, 9.17) is 5.11 Å². The normalized spacial score (nSPS) is 13.0. The number of rotatable bonds is 9. The molecule has 8 heteroatoms. The summed E-state index contributed by atoms with van der Waals surface area (Å²) in [5.74, 6) is -2.03. The van der Waals surface area contributed by atoms with Crippen LogP contribution in [0.5, 0.6) is 0 Å². The lowest BCUT2D eigenvalue weighted by molar-refractivity contribution is -0.142. The van der Waals surface area contributed by atoms with Crippen LogP contribution < -0.4 is 10.6 Å². The van der Waals surface area contributed by atoms with Crippen molar-refractivity contribution < 1.29 is 23.9 Å². The Morgan fingerprint density at radius 2 is 1.96 bits per heavy atom. The van der Waals surface area contributed by atoms with Crippen molar-refractivity contribution in [3.05, 3.63) is 35.4 Å². The lowest BCUT2D eigenvalue weighted by Gasteiger charge is -2.20. The summed E-state index contributed by atoms with van der Waals surface area (Å²) in [6, 6.07) is 4.32. The molecular formula is C16H21FN2O4S. The smallest absolute Gasteiger partial charge is 0.328 e. The Labute approximate surface area is 144 Å². The third-order valence-corrected chi connectivity index (χ3v) is 3.93. The lowest BCUT2D eigenvalue weighted by Crippen LogP contribution is -2.52. The van der Waals surface area contributed by atoms with Gasteiger partial charge in [0.25, 0.3) is 5.91 Å². The average molecular weight is 356 g/mol. The second-order valence-electron chi connectivity index (χ2n) is 5.23. The van der Waals surface area contributed by atoms with Gasteiger partial charge >= 0.3 is 5.97 Å². The third kappa shape index (κ3) is 6.19. The number of carbonyl (C=O) groups is 3. The van der Waals surface area contributed by atoms with Gasteiger partial charge in [0.05, 0.1) is 0 Å². The predicted octanol–water partition coefficient (Wildman–Crippen LogP) is 1.39. The second-order valence-corrected chi connectivity index (χ2v) is 6.22. The van der Waals surface area contributed by atoms with Gasteiger partial charge in [-0.15, -0.1) is 0 Å². The molecule has 0 aliphatic heterocycles. The fourth-order valence-electron chi connectivity index (χ4n) is 1.97. The van der Waals surface area contributed by atoms with E-state index < -0.39 is 36.5 Å². The molecule has 2 unspecified atom stereocenters. The number of carboxylic acids is 1. The largest absolute Gasteiger partial charge is 0.480 e. The number of amides is 2. The molecule has 6 nitrogen and oxygen atoms in total. The number of nitrogens with one attached hydrogen (secondary N) is 2. The quantitative estimate of drug-likeness (QED) is 0.621. The van der Waals surface area contributed by atoms with E-state index in [1.54, 1.807) is 18.2 Å². The molecular weight excluding hydrogens is 335 g/mol. The van der Waals surface area contributed by atoms with Crippen molar-refractivity contribution in [3.63, 3.8) is 0 Å². The van der Waals surface area contributed by atoms with Crippen LogP contribution >= 0.6 is 11.8 Å². The topological polar surface area (TPSA) is 95.5 Å². The Morgan fingerprint density at radius 3 is 2.50 bits per heavy atom. The summed E-state index contributed by atoms with van der Waals surface area (Å²) >= 11 is 1.48. The van der Waals surface area contributed by atoms with Crippen LogP contribution in [-0.4, -0.2) is 53.7 Å². The first-order valence-electron chi connectivity index (χ1n) is 7.34. The maximum atomic E-state index is 12.7. The van der Waals surface area contributed by atoms with E-state index in [9.17, 15) is 18.8 Å². The van der Waals surface area contributed by atoms with Crippen molar-refractivity contribution in [2.75, 3.05) is 18.7 Å². The number of hydrogen-bond donors (Lipinski definition) is 3. The Hall–Kier alpha value is -2.09. The number of carbonyl (C=O) groups excluding carboxylic acids is 2. The molecule has 1 aromatic rings. The summed E-state index contributed by atoms with van der Waals surface area (Å²) in [4.78, 5) is 35.3. The van der Waals surface area contributed by atoms with Crippen LogP contribution in [0.4, 0.5) is 4.39 Å². The summed E-state index contributed by atoms with van der Waals surface area (Å²) in [5.41, 5.74) is 1.30. The SMILES string of the molecule is CSCCC(NC(=O)c1cccc(C)c1)C(=O)NC(CF)C(=O)O. The number of thioether (sulfide) groups is 1. The highest BCUT2D eigenvalue weighted by Crippen LogP contribution is 2.07. The zero-order valence-corrected chi connectivity index (χ0v) is 14.4. The molecule has 0 spiro atoms. The summed E-state index contributed by atoms with van der Waals surface area (Å²) in [5, 5.41) is 13.5. The van der Waals surface area contributed by atoms with Gasteiger partial charge in [0.2, 0.25) is 5.91 Å². The summed E-state index contributed by atoms with van der Waals surface area (Å²) in [7, 11) is 0. The first-order valence-corrected chi connectivity index (χ1v) is 8.74. The molecule has 0 aromatic heterocycles. The first kappa shape index (κ1) is 20.0. The average Bonchev–Trinajstić information content (AvgIpc) is 2.55. The fraction of sp³-hybridized carbons (Fsp3) is 0.438. The first-order chi connectivity index (χ1) is 11.4. The van der Waals surface area contributed by atoms with E-state index in [2.05, 4.69) is 10.6 Å². The highest BCUT2D eigenvalue weighted by atomic mass is 32.2. The van der Waals surface area contributed by atoms with Gasteiger partial charge in [-0.05, 0) is 37.5 Å². The summed E-state index contributed by atoms with van der Waals surface area (Å²) in [6.07, 6.45) is 2.15. The summed E-state index contributed by atoms with van der Waals surface area (Å²) < 4.78 is 12.7. The van der Waals surface area contributed by atoms with Crippen LogP contribution in [0.3, 0.4) is 0 Å². The van der Waals surface area contributed by atoms with Crippen LogP contribution in [0.15, 0.2) is 24.3 Å². The van der Waals surface area contributed by atoms with Gasteiger partial charge in [0, 0.05) is 5.56 Å². The molecule has 1 rings (SSSR count). The molecule has 0 radical (unpaired) electrons. The number of carboxylic acid groups (broad SMARTS) is 1. The van der Waals surface area contributed by atoms with Crippen LogP contribution in [0.2, 0.25) is 0 Å². The highest BCUT2D eigenvalue weighted by molar-refractivity contribution is 7.98. The molecule has 132 valence electrons. The molecule has 0 saturated heterocycles. The van der Waals surface area contributed by atoms with E-state index in [1.165, 1.54) is 11.8 Å². The minimum Gasteiger partial charge on any atom is -0.480 e. The van der Waals surface area contributed by atoms with E-state index in [0.29, 0.717) is 17.7 Å². The van der Waals surface area contributed by atoms with Crippen LogP contribution in [-0.2, 0) is 9.59 Å². The number of aryl methyl sites for hydroxylation is 1. The predicted molar refractivity (Wildman–Crippen MR) is 91.0 cm³/mol. The molecule has 0 bridgehead atoms. The Morgan fingerprint density at radius 1 is 1.25 bits per heavy atom. The number of hydrogen-bond acceptors (Lipinski definition) is 4. The molecule has 24 heavy (non-hydrogen) atoms. The second kappa shape index (κ2) is 9.92. The fourth-order valence-corrected chi connectivity index (χ4v) is 2.44. The molecule has 1 aromatic carbocycles. The molecule has 0 saturated carbocycles. The zero-order chi connectivity index (χ0) is 18.1. The molecule has 2 atom stereocenters. The van der Waals surface area contributed by atoms with Crippen LogP contribution in [0.1, 0.15) is 22.3 Å². The van der Waals surface area contributed by atoms with Gasteiger partial charge in [-0.3, -0.25) is 9.59 Å². The number of aliphatic carboxylic acids is 1. The molecule has 2 amide bonds. The molecule has 0 fully saturated rings. The highest BCUT2D eigenvalue weighted by Gasteiger charge is 2.26. The monoisotopic (exact) mass is 356 g/mol. The van der Waals surface area contributed by atoms with Crippen molar-refractivity contribution in [2.24, 2.45) is 0 Å². The minimum atomic E-state index is -1.62. The van der Waals surface area contributed by atoms with Crippen LogP contribution in [0.25, 0.3) is 0 Å². The Balaban J connectivity index is 2.82. The minimum absolute atomic E-state index is 0.309. The van der Waals surface area contributed by atoms with Crippen molar-refractivity contribution in [2.45, 2.75) is 25.4 Å². The molecule has 3 N–H and O–H groups in total. The van der Waals surface area contributed by atoms with Crippen molar-refractivity contribution in [1.29, 1.82) is 0 Å². The number of alkyl halides is 1. The van der Waals surface area contributed by atoms with Gasteiger partial charge in [0.15, 0.2) is 6.04 Å². The Kier molecular flexibility index (Phi) is 8.25. The van der Waals surface area contributed by atoms with E-state index in [0.717, 1.165) is 5.56 Å². The third-order valence-electron chi connectivity index (χ3n) is 3.28. The molecule has 0 heterocycles. The molecule has 0 aliphatic rings. The van der Waals surface area contributed by atoms with Gasteiger partial charge in [-0.2, -0.15) is 11.8 Å². The lowest BCUT2D eigenvalue weighted by atomic mass is 10.1. The summed E-state index contributed by atoms with van der Waals surface area (Å²) in [6.45, 7) is 0.621. The van der Waals surface area contributed by atoms with Gasteiger partial charge in [0.1, 0.15) is 12.7 Å². The number of benzene rings is 1. The van der Waals surface area contributed by atoms with Crippen LogP contribution in [0, 0.1) is 6.92 Å². The van der Waals surface area contributed by atoms with Gasteiger partial charge in [-0.1, -0.05) is 17.7 Å². The maximum absolute atomic E-state index is 12.7. The zero-order valence-electron chi connectivity index (χ0n) is 13.5. The van der Waals surface area contributed by atoms with Crippen molar-refractivity contribution >= 4 is 29.5 Å².